The lowest BCUT2D eigenvalue weighted by Crippen LogP contribution is -2.28. The van der Waals surface area contributed by atoms with E-state index in [0.717, 1.165) is 23.5 Å². The molecule has 78 valence electrons. The summed E-state index contributed by atoms with van der Waals surface area (Å²) in [4.78, 5) is 5.58. The van der Waals surface area contributed by atoms with Gasteiger partial charge in [-0.25, -0.2) is 4.98 Å². The third-order valence-electron chi connectivity index (χ3n) is 2.66. The largest absolute Gasteiger partial charge is 0.389 e. The van der Waals surface area contributed by atoms with E-state index in [9.17, 15) is 0 Å². The van der Waals surface area contributed by atoms with E-state index in [1.165, 1.54) is 4.88 Å². The summed E-state index contributed by atoms with van der Waals surface area (Å²) in [5.41, 5.74) is 7.42. The monoisotopic (exact) mass is 212 g/mol. The quantitative estimate of drug-likeness (QED) is 0.743. The molecule has 1 aliphatic rings. The maximum atomic E-state index is 9.01. The molecule has 1 aliphatic carbocycles. The molecule has 1 heterocycles. The van der Waals surface area contributed by atoms with Gasteiger partial charge >= 0.3 is 0 Å². The molecule has 0 radical (unpaired) electrons. The van der Waals surface area contributed by atoms with Crippen LogP contribution in [-0.2, 0) is 13.0 Å². The number of hydrogen-bond donors (Lipinski definition) is 2. The van der Waals surface area contributed by atoms with Crippen LogP contribution in [0.15, 0.2) is 0 Å². The Labute approximate surface area is 88.0 Å². The molecule has 0 saturated carbocycles. The molecule has 0 fully saturated rings. The Morgan fingerprint density at radius 2 is 2.36 bits per heavy atom. The highest BCUT2D eigenvalue weighted by Gasteiger charge is 2.32. The minimum atomic E-state index is 0.0326. The van der Waals surface area contributed by atoms with Crippen molar-refractivity contribution in [3.8, 4) is 0 Å². The average molecular weight is 212 g/mol. The maximum Gasteiger partial charge on any atom is 0.119 e. The van der Waals surface area contributed by atoms with E-state index in [2.05, 4.69) is 18.8 Å². The van der Waals surface area contributed by atoms with Crippen molar-refractivity contribution in [3.05, 3.63) is 15.6 Å². The summed E-state index contributed by atoms with van der Waals surface area (Å²) in [5.74, 6) is 0. The third-order valence-corrected chi connectivity index (χ3v) is 3.88. The molecule has 1 aromatic rings. The Hall–Kier alpha value is -0.450. The van der Waals surface area contributed by atoms with Crippen molar-refractivity contribution in [2.24, 2.45) is 11.1 Å². The van der Waals surface area contributed by atoms with Crippen LogP contribution >= 0.6 is 11.3 Å². The molecule has 0 spiro atoms. The summed E-state index contributed by atoms with van der Waals surface area (Å²) in [6.45, 7) is 4.46. The van der Waals surface area contributed by atoms with Crippen molar-refractivity contribution in [1.29, 1.82) is 0 Å². The van der Waals surface area contributed by atoms with Crippen LogP contribution in [0.4, 0.5) is 0 Å². The molecule has 0 aromatic carbocycles. The number of hydrogen-bond acceptors (Lipinski definition) is 4. The topological polar surface area (TPSA) is 59.1 Å². The first-order valence-corrected chi connectivity index (χ1v) is 5.68. The van der Waals surface area contributed by atoms with Gasteiger partial charge in [-0.1, -0.05) is 13.8 Å². The second-order valence-electron chi connectivity index (χ2n) is 4.73. The highest BCUT2D eigenvalue weighted by atomic mass is 32.1. The SMILES string of the molecule is CC1(C)Cc2nc(CO)sc2C(N)C1. The van der Waals surface area contributed by atoms with Crippen molar-refractivity contribution >= 4 is 11.3 Å². The Morgan fingerprint density at radius 3 is 3.00 bits per heavy atom. The van der Waals surface area contributed by atoms with Crippen LogP contribution in [0.25, 0.3) is 0 Å². The molecule has 0 amide bonds. The van der Waals surface area contributed by atoms with E-state index in [1.54, 1.807) is 11.3 Å². The fourth-order valence-electron chi connectivity index (χ4n) is 2.11. The summed E-state index contributed by atoms with van der Waals surface area (Å²) < 4.78 is 0. The predicted molar refractivity (Wildman–Crippen MR) is 57.1 cm³/mol. The number of thiazole rings is 1. The van der Waals surface area contributed by atoms with Crippen molar-refractivity contribution in [3.63, 3.8) is 0 Å². The van der Waals surface area contributed by atoms with Gasteiger partial charge < -0.3 is 10.8 Å². The number of aromatic nitrogens is 1. The van der Waals surface area contributed by atoms with Crippen molar-refractivity contribution in [1.82, 2.24) is 4.98 Å². The molecule has 3 N–H and O–H groups in total. The molecule has 14 heavy (non-hydrogen) atoms. The van der Waals surface area contributed by atoms with Gasteiger partial charge in [0.15, 0.2) is 0 Å². The highest BCUT2D eigenvalue weighted by molar-refractivity contribution is 7.11. The number of nitrogens with two attached hydrogens (primary N) is 1. The van der Waals surface area contributed by atoms with Gasteiger partial charge in [0.05, 0.1) is 12.3 Å². The van der Waals surface area contributed by atoms with Gasteiger partial charge in [-0.3, -0.25) is 0 Å². The molecule has 0 bridgehead atoms. The zero-order valence-electron chi connectivity index (χ0n) is 8.58. The molecule has 0 saturated heterocycles. The first-order chi connectivity index (χ1) is 6.52. The Kier molecular flexibility index (Phi) is 2.37. The molecule has 1 unspecified atom stereocenters. The van der Waals surface area contributed by atoms with Crippen molar-refractivity contribution < 1.29 is 5.11 Å². The van der Waals surface area contributed by atoms with Crippen LogP contribution in [0.2, 0.25) is 0 Å². The smallest absolute Gasteiger partial charge is 0.119 e. The van der Waals surface area contributed by atoms with Crippen LogP contribution in [0, 0.1) is 5.41 Å². The molecule has 4 heteroatoms. The third kappa shape index (κ3) is 1.69. The van der Waals surface area contributed by atoms with Crippen LogP contribution in [0.1, 0.15) is 41.9 Å². The number of aliphatic hydroxyl groups excluding tert-OH is 1. The Bertz CT molecular complexity index is 346. The molecule has 1 aromatic heterocycles. The molecule has 1 atom stereocenters. The Morgan fingerprint density at radius 1 is 1.64 bits per heavy atom. The summed E-state index contributed by atoms with van der Waals surface area (Å²) in [5, 5.41) is 9.80. The Balaban J connectivity index is 2.38. The van der Waals surface area contributed by atoms with E-state index >= 15 is 0 Å². The van der Waals surface area contributed by atoms with Gasteiger partial charge in [0.1, 0.15) is 5.01 Å². The summed E-state index contributed by atoms with van der Waals surface area (Å²) >= 11 is 1.56. The zero-order chi connectivity index (χ0) is 10.3. The number of nitrogens with zero attached hydrogens (tertiary/aromatic N) is 1. The first-order valence-electron chi connectivity index (χ1n) is 4.87. The van der Waals surface area contributed by atoms with Crippen LogP contribution < -0.4 is 5.73 Å². The average Bonchev–Trinajstić information content (AvgIpc) is 2.45. The van der Waals surface area contributed by atoms with E-state index in [0.29, 0.717) is 0 Å². The molecule has 3 nitrogen and oxygen atoms in total. The number of fused-ring (bicyclic) bond motifs is 1. The van der Waals surface area contributed by atoms with E-state index in [1.807, 2.05) is 0 Å². The summed E-state index contributed by atoms with van der Waals surface area (Å²) in [6.07, 6.45) is 1.99. The predicted octanol–water partition coefficient (Wildman–Crippen LogP) is 1.61. The maximum absolute atomic E-state index is 9.01. The number of aliphatic hydroxyl groups is 1. The molecular formula is C10H16N2OS. The van der Waals surface area contributed by atoms with E-state index in [4.69, 9.17) is 10.8 Å². The van der Waals surface area contributed by atoms with Gasteiger partial charge in [0.2, 0.25) is 0 Å². The lowest BCUT2D eigenvalue weighted by molar-refractivity contribution is 0.274. The van der Waals surface area contributed by atoms with Crippen LogP contribution in [-0.4, -0.2) is 10.1 Å². The zero-order valence-corrected chi connectivity index (χ0v) is 9.40. The standard InChI is InChI=1S/C10H16N2OS/c1-10(2)3-6(11)9-7(4-10)12-8(5-13)14-9/h6,13H,3-5,11H2,1-2H3. The van der Waals surface area contributed by atoms with Gasteiger partial charge in [-0.2, -0.15) is 0 Å². The van der Waals surface area contributed by atoms with Gasteiger partial charge in [-0.15, -0.1) is 11.3 Å². The molecular weight excluding hydrogens is 196 g/mol. The first kappa shape index (κ1) is 10.1. The molecule has 0 aliphatic heterocycles. The lowest BCUT2D eigenvalue weighted by Gasteiger charge is -2.32. The van der Waals surface area contributed by atoms with E-state index in [-0.39, 0.29) is 18.1 Å². The second kappa shape index (κ2) is 3.29. The molecule has 2 rings (SSSR count). The van der Waals surface area contributed by atoms with Crippen molar-refractivity contribution in [2.75, 3.05) is 0 Å². The second-order valence-corrected chi connectivity index (χ2v) is 5.84. The van der Waals surface area contributed by atoms with Crippen LogP contribution in [0.3, 0.4) is 0 Å². The normalized spacial score (nSPS) is 24.7. The number of rotatable bonds is 1. The minimum absolute atomic E-state index is 0.0326. The van der Waals surface area contributed by atoms with Gasteiger partial charge in [-0.05, 0) is 18.3 Å². The summed E-state index contributed by atoms with van der Waals surface area (Å²) in [7, 11) is 0. The minimum Gasteiger partial charge on any atom is -0.389 e. The van der Waals surface area contributed by atoms with Crippen LogP contribution in [0.5, 0.6) is 0 Å². The highest BCUT2D eigenvalue weighted by Crippen LogP contribution is 2.41. The lowest BCUT2D eigenvalue weighted by atomic mass is 9.77. The van der Waals surface area contributed by atoms with Gasteiger partial charge in [0.25, 0.3) is 0 Å². The fourth-order valence-corrected chi connectivity index (χ4v) is 3.06. The van der Waals surface area contributed by atoms with E-state index < -0.39 is 0 Å². The fraction of sp³-hybridized carbons (Fsp3) is 0.700. The van der Waals surface area contributed by atoms with Crippen molar-refractivity contribution in [2.45, 2.75) is 39.3 Å². The summed E-state index contributed by atoms with van der Waals surface area (Å²) in [6, 6.07) is 0.103. The van der Waals surface area contributed by atoms with Gasteiger partial charge in [0, 0.05) is 10.9 Å².